The molecule has 6 heteroatoms. The highest BCUT2D eigenvalue weighted by Gasteiger charge is 2.21. The molecule has 262 valence electrons. The highest BCUT2D eigenvalue weighted by Crippen LogP contribution is 2.41. The van der Waals surface area contributed by atoms with Crippen LogP contribution in [0.1, 0.15) is 16.7 Å². The summed E-state index contributed by atoms with van der Waals surface area (Å²) in [4.78, 5) is 0. The van der Waals surface area contributed by atoms with Gasteiger partial charge in [-0.1, -0.05) is 84.9 Å². The normalized spacial score (nSPS) is 11.5. The first kappa shape index (κ1) is 32.1. The fraction of sp³-hybridized carbons (Fsp3) is 0. The number of hydrogen-bond acceptors (Lipinski definition) is 3. The molecule has 57 heavy (non-hydrogen) atoms. The molecule has 0 aliphatic carbocycles. The van der Waals surface area contributed by atoms with Crippen LogP contribution >= 0.6 is 0 Å². The van der Waals surface area contributed by atoms with Crippen LogP contribution in [0.3, 0.4) is 0 Å². The Balaban J connectivity index is 1.13. The van der Waals surface area contributed by atoms with Gasteiger partial charge < -0.3 is 13.7 Å². The molecule has 0 unspecified atom stereocenters. The summed E-state index contributed by atoms with van der Waals surface area (Å²) in [7, 11) is 0. The van der Waals surface area contributed by atoms with E-state index in [2.05, 4.69) is 147 Å². The van der Waals surface area contributed by atoms with E-state index in [4.69, 9.17) is 0 Å². The summed E-state index contributed by atoms with van der Waals surface area (Å²) in [5.74, 6) is 0. The molecular weight excluding hydrogens is 697 g/mol. The van der Waals surface area contributed by atoms with E-state index in [1.54, 1.807) is 12.1 Å². The van der Waals surface area contributed by atoms with E-state index in [-0.39, 0.29) is 0 Å². The van der Waals surface area contributed by atoms with Gasteiger partial charge in [-0.2, -0.15) is 15.8 Å². The summed E-state index contributed by atoms with van der Waals surface area (Å²) < 4.78 is 6.78. The van der Waals surface area contributed by atoms with Gasteiger partial charge in [0.05, 0.1) is 73.7 Å². The number of rotatable bonds is 4. The monoisotopic (exact) mass is 724 g/mol. The summed E-state index contributed by atoms with van der Waals surface area (Å²) in [5, 5.41) is 36.7. The SMILES string of the molecule is N#Cc1ccc2c(c1)c1cc(C#N)ccc1n2-c1ccc(-c2ccccc2-n2c3ccccc3c3ccc(-n4c5ccccc5c5ccccc54)cc32)c(C#N)c1. The quantitative estimate of drug-likeness (QED) is 0.181. The second-order valence-corrected chi connectivity index (χ2v) is 14.3. The molecule has 0 aliphatic heterocycles. The summed E-state index contributed by atoms with van der Waals surface area (Å²) in [6, 6.07) is 64.9. The van der Waals surface area contributed by atoms with Gasteiger partial charge >= 0.3 is 0 Å². The van der Waals surface area contributed by atoms with Crippen molar-refractivity contribution in [2.45, 2.75) is 0 Å². The molecule has 0 atom stereocenters. The minimum atomic E-state index is 0.531. The van der Waals surface area contributed by atoms with E-state index < -0.39 is 0 Å². The summed E-state index contributed by atoms with van der Waals surface area (Å²) >= 11 is 0. The lowest BCUT2D eigenvalue weighted by Gasteiger charge is -2.17. The second-order valence-electron chi connectivity index (χ2n) is 14.3. The third-order valence-corrected chi connectivity index (χ3v) is 11.3. The molecule has 6 nitrogen and oxygen atoms in total. The standard InChI is InChI=1S/C51H28N6/c52-29-32-17-23-49-43(25-32)44-26-33(30-53)18-24-50(44)55(49)35-19-21-37(34(27-35)31-54)38-9-1-7-15-47(38)57-48-16-8-4-12-41(48)42-22-20-36(28-51(42)57)56-45-13-5-2-10-39(45)40-11-3-6-14-46(40)56/h1-28H. The van der Waals surface area contributed by atoms with Crippen LogP contribution in [0.5, 0.6) is 0 Å². The molecule has 0 fully saturated rings. The van der Waals surface area contributed by atoms with Crippen molar-refractivity contribution in [3.63, 3.8) is 0 Å². The van der Waals surface area contributed by atoms with Gasteiger partial charge in [0.1, 0.15) is 0 Å². The molecule has 0 N–H and O–H groups in total. The zero-order chi connectivity index (χ0) is 38.2. The Bertz CT molecular complexity index is 3500. The molecular formula is C51H28N6. The van der Waals surface area contributed by atoms with E-state index in [9.17, 15) is 15.8 Å². The van der Waals surface area contributed by atoms with Crippen molar-refractivity contribution in [1.29, 1.82) is 15.8 Å². The minimum Gasteiger partial charge on any atom is -0.309 e. The number of fused-ring (bicyclic) bond motifs is 9. The van der Waals surface area contributed by atoms with Crippen molar-refractivity contribution in [2.24, 2.45) is 0 Å². The molecule has 0 aliphatic rings. The highest BCUT2D eigenvalue weighted by molar-refractivity contribution is 6.13. The lowest BCUT2D eigenvalue weighted by molar-refractivity contribution is 1.15. The van der Waals surface area contributed by atoms with Crippen LogP contribution < -0.4 is 0 Å². The first-order chi connectivity index (χ1) is 28.1. The van der Waals surface area contributed by atoms with Crippen LogP contribution in [0.15, 0.2) is 170 Å². The Hall–Kier alpha value is -8.37. The van der Waals surface area contributed by atoms with E-state index in [0.717, 1.165) is 82.8 Å². The van der Waals surface area contributed by atoms with Crippen molar-refractivity contribution in [3.05, 3.63) is 187 Å². The Kier molecular flexibility index (Phi) is 6.95. The van der Waals surface area contributed by atoms with Gasteiger partial charge in [0.25, 0.3) is 0 Å². The van der Waals surface area contributed by atoms with Crippen molar-refractivity contribution in [1.82, 2.24) is 13.7 Å². The Morgan fingerprint density at radius 2 is 0.789 bits per heavy atom. The molecule has 0 radical (unpaired) electrons. The van der Waals surface area contributed by atoms with Crippen molar-refractivity contribution in [3.8, 4) is 46.4 Å². The van der Waals surface area contributed by atoms with Crippen molar-refractivity contribution < 1.29 is 0 Å². The fourth-order valence-electron chi connectivity index (χ4n) is 8.89. The van der Waals surface area contributed by atoms with Crippen LogP contribution in [0, 0.1) is 34.0 Å². The number of para-hydroxylation sites is 4. The molecule has 3 heterocycles. The Labute approximate surface area is 326 Å². The van der Waals surface area contributed by atoms with Crippen LogP contribution in [0.2, 0.25) is 0 Å². The lowest BCUT2D eigenvalue weighted by Crippen LogP contribution is -2.00. The summed E-state index contributed by atoms with van der Waals surface area (Å²) in [5.41, 5.74) is 12.5. The number of benzene rings is 8. The predicted octanol–water partition coefficient (Wildman–Crippen LogP) is 12.3. The van der Waals surface area contributed by atoms with Crippen molar-refractivity contribution >= 4 is 65.4 Å². The first-order valence-corrected chi connectivity index (χ1v) is 18.7. The lowest BCUT2D eigenvalue weighted by atomic mass is 9.97. The number of aromatic nitrogens is 3. The fourth-order valence-corrected chi connectivity index (χ4v) is 8.89. The third kappa shape index (κ3) is 4.68. The average molecular weight is 725 g/mol. The van der Waals surface area contributed by atoms with E-state index >= 15 is 0 Å². The first-order valence-electron chi connectivity index (χ1n) is 18.7. The molecule has 8 aromatic carbocycles. The van der Waals surface area contributed by atoms with Gasteiger partial charge in [-0.15, -0.1) is 0 Å². The summed E-state index contributed by atoms with van der Waals surface area (Å²) in [6.45, 7) is 0. The maximum absolute atomic E-state index is 10.8. The topological polar surface area (TPSA) is 86.2 Å². The zero-order valence-electron chi connectivity index (χ0n) is 30.3. The molecule has 0 amide bonds. The molecule has 11 aromatic rings. The van der Waals surface area contributed by atoms with Crippen LogP contribution in [-0.4, -0.2) is 13.7 Å². The minimum absolute atomic E-state index is 0.531. The largest absolute Gasteiger partial charge is 0.309 e. The molecule has 0 spiro atoms. The van der Waals surface area contributed by atoms with Gasteiger partial charge in [0, 0.05) is 54.8 Å². The number of hydrogen-bond donors (Lipinski definition) is 0. The Morgan fingerprint density at radius 3 is 1.37 bits per heavy atom. The third-order valence-electron chi connectivity index (χ3n) is 11.3. The van der Waals surface area contributed by atoms with Crippen molar-refractivity contribution in [2.75, 3.05) is 0 Å². The van der Waals surface area contributed by atoms with E-state index in [0.29, 0.717) is 16.7 Å². The van der Waals surface area contributed by atoms with E-state index in [1.807, 2.05) is 42.5 Å². The van der Waals surface area contributed by atoms with Crippen LogP contribution in [-0.2, 0) is 0 Å². The number of nitrogens with zero attached hydrogens (tertiary/aromatic N) is 6. The highest BCUT2D eigenvalue weighted by atomic mass is 15.0. The van der Waals surface area contributed by atoms with Gasteiger partial charge in [-0.3, -0.25) is 0 Å². The molecule has 0 saturated heterocycles. The molecule has 11 rings (SSSR count). The maximum atomic E-state index is 10.8. The van der Waals surface area contributed by atoms with E-state index in [1.165, 1.54) is 10.8 Å². The smallest absolute Gasteiger partial charge is 0.0998 e. The second kappa shape index (κ2) is 12.3. The molecule has 3 aromatic heterocycles. The zero-order valence-corrected chi connectivity index (χ0v) is 30.3. The van der Waals surface area contributed by atoms with Gasteiger partial charge in [0.15, 0.2) is 0 Å². The summed E-state index contributed by atoms with van der Waals surface area (Å²) in [6.07, 6.45) is 0. The average Bonchev–Trinajstić information content (AvgIpc) is 3.91. The van der Waals surface area contributed by atoms with Crippen LogP contribution in [0.4, 0.5) is 0 Å². The molecule has 0 bridgehead atoms. The molecule has 0 saturated carbocycles. The van der Waals surface area contributed by atoms with Gasteiger partial charge in [0.2, 0.25) is 0 Å². The van der Waals surface area contributed by atoms with Crippen LogP contribution in [0.25, 0.3) is 93.6 Å². The Morgan fingerprint density at radius 1 is 0.316 bits per heavy atom. The maximum Gasteiger partial charge on any atom is 0.0998 e. The van der Waals surface area contributed by atoms with Gasteiger partial charge in [-0.25, -0.2) is 0 Å². The van der Waals surface area contributed by atoms with Gasteiger partial charge in [-0.05, 0) is 84.9 Å². The predicted molar refractivity (Wildman–Crippen MR) is 229 cm³/mol. The number of nitriles is 3.